The van der Waals surface area contributed by atoms with Gasteiger partial charge in [0.15, 0.2) is 5.13 Å². The SMILES string of the molecule is Cc1nc(N)sc1Cc1ccc(Cl)c(Br)c1. The highest BCUT2D eigenvalue weighted by Crippen LogP contribution is 2.27. The van der Waals surface area contributed by atoms with Crippen LogP contribution in [0.5, 0.6) is 0 Å². The Bertz CT molecular complexity index is 525. The van der Waals surface area contributed by atoms with Crippen LogP contribution in [0.4, 0.5) is 5.13 Å². The molecular weight excluding hydrogens is 308 g/mol. The van der Waals surface area contributed by atoms with Gasteiger partial charge in [0.2, 0.25) is 0 Å². The summed E-state index contributed by atoms with van der Waals surface area (Å²) in [6.45, 7) is 1.98. The molecule has 2 aromatic rings. The standard InChI is InChI=1S/C11H10BrClN2S/c1-6-10(16-11(14)15-6)5-7-2-3-9(13)8(12)4-7/h2-4H,5H2,1H3,(H2,14,15). The van der Waals surface area contributed by atoms with E-state index in [0.717, 1.165) is 21.6 Å². The number of benzene rings is 1. The van der Waals surface area contributed by atoms with Gasteiger partial charge >= 0.3 is 0 Å². The number of aromatic nitrogens is 1. The molecule has 0 atom stereocenters. The Balaban J connectivity index is 2.27. The van der Waals surface area contributed by atoms with E-state index >= 15 is 0 Å². The Morgan fingerprint density at radius 3 is 2.81 bits per heavy atom. The molecule has 0 aliphatic rings. The van der Waals surface area contributed by atoms with Crippen molar-refractivity contribution in [3.63, 3.8) is 0 Å². The minimum Gasteiger partial charge on any atom is -0.375 e. The Kier molecular flexibility index (Phi) is 3.52. The van der Waals surface area contributed by atoms with Gasteiger partial charge < -0.3 is 5.73 Å². The second kappa shape index (κ2) is 4.73. The van der Waals surface area contributed by atoms with Gasteiger partial charge in [-0.05, 0) is 40.5 Å². The summed E-state index contributed by atoms with van der Waals surface area (Å²) in [5, 5.41) is 1.35. The highest BCUT2D eigenvalue weighted by Gasteiger charge is 2.07. The van der Waals surface area contributed by atoms with Crippen molar-refractivity contribution >= 4 is 44.0 Å². The van der Waals surface area contributed by atoms with E-state index in [9.17, 15) is 0 Å². The van der Waals surface area contributed by atoms with E-state index in [1.54, 1.807) is 0 Å². The average molecular weight is 318 g/mol. The number of halogens is 2. The topological polar surface area (TPSA) is 38.9 Å². The molecule has 2 N–H and O–H groups in total. The van der Waals surface area contributed by atoms with Crippen LogP contribution in [0, 0.1) is 6.92 Å². The average Bonchev–Trinajstić information content (AvgIpc) is 2.51. The van der Waals surface area contributed by atoms with Gasteiger partial charge in [0.05, 0.1) is 10.7 Å². The highest BCUT2D eigenvalue weighted by molar-refractivity contribution is 9.10. The third kappa shape index (κ3) is 2.56. The molecule has 0 saturated carbocycles. The largest absolute Gasteiger partial charge is 0.375 e. The van der Waals surface area contributed by atoms with E-state index in [4.69, 9.17) is 17.3 Å². The molecule has 0 amide bonds. The van der Waals surface area contributed by atoms with Crippen LogP contribution in [-0.2, 0) is 6.42 Å². The predicted octanol–water partition coefficient (Wildman–Crippen LogP) is 4.04. The van der Waals surface area contributed by atoms with Gasteiger partial charge in [-0.25, -0.2) is 4.98 Å². The van der Waals surface area contributed by atoms with Crippen molar-refractivity contribution in [2.24, 2.45) is 0 Å². The van der Waals surface area contributed by atoms with Crippen molar-refractivity contribution < 1.29 is 0 Å². The molecule has 1 heterocycles. The Labute approximate surface area is 112 Å². The number of rotatable bonds is 2. The molecule has 16 heavy (non-hydrogen) atoms. The Morgan fingerprint density at radius 1 is 1.50 bits per heavy atom. The van der Waals surface area contributed by atoms with E-state index in [-0.39, 0.29) is 0 Å². The van der Waals surface area contributed by atoms with Crippen molar-refractivity contribution in [1.82, 2.24) is 4.98 Å². The van der Waals surface area contributed by atoms with Gasteiger partial charge in [-0.3, -0.25) is 0 Å². The summed E-state index contributed by atoms with van der Waals surface area (Å²) < 4.78 is 0.918. The van der Waals surface area contributed by atoms with Gasteiger partial charge in [-0.2, -0.15) is 0 Å². The fourth-order valence-electron chi connectivity index (χ4n) is 1.45. The van der Waals surface area contributed by atoms with Crippen LogP contribution in [-0.4, -0.2) is 4.98 Å². The third-order valence-electron chi connectivity index (χ3n) is 2.26. The molecule has 0 bridgehead atoms. The number of thiazole rings is 1. The first-order valence-electron chi connectivity index (χ1n) is 4.72. The zero-order chi connectivity index (χ0) is 11.7. The lowest BCUT2D eigenvalue weighted by Gasteiger charge is -2.02. The first-order chi connectivity index (χ1) is 7.56. The Hall–Kier alpha value is -0.580. The van der Waals surface area contributed by atoms with Crippen LogP contribution in [0.3, 0.4) is 0 Å². The number of hydrogen-bond donors (Lipinski definition) is 1. The van der Waals surface area contributed by atoms with Crippen molar-refractivity contribution in [3.05, 3.63) is 43.8 Å². The van der Waals surface area contributed by atoms with Crippen LogP contribution in [0.15, 0.2) is 22.7 Å². The van der Waals surface area contributed by atoms with E-state index in [2.05, 4.69) is 20.9 Å². The van der Waals surface area contributed by atoms with Crippen molar-refractivity contribution in [1.29, 1.82) is 0 Å². The normalized spacial score (nSPS) is 10.7. The molecule has 0 aliphatic heterocycles. The molecule has 2 rings (SSSR count). The predicted molar refractivity (Wildman–Crippen MR) is 73.2 cm³/mol. The molecule has 0 spiro atoms. The summed E-state index contributed by atoms with van der Waals surface area (Å²) in [4.78, 5) is 5.41. The monoisotopic (exact) mass is 316 g/mol. The number of nitrogens with two attached hydrogens (primary N) is 1. The minimum absolute atomic E-state index is 0.625. The fourth-order valence-corrected chi connectivity index (χ4v) is 2.86. The molecule has 0 aliphatic carbocycles. The summed E-state index contributed by atoms with van der Waals surface area (Å²) in [5.74, 6) is 0. The maximum absolute atomic E-state index is 5.94. The summed E-state index contributed by atoms with van der Waals surface area (Å²) in [6, 6.07) is 5.93. The molecular formula is C11H10BrClN2S. The van der Waals surface area contributed by atoms with E-state index < -0.39 is 0 Å². The summed E-state index contributed by atoms with van der Waals surface area (Å²) in [7, 11) is 0. The van der Waals surface area contributed by atoms with Crippen LogP contribution in [0.25, 0.3) is 0 Å². The van der Waals surface area contributed by atoms with E-state index in [0.29, 0.717) is 5.13 Å². The molecule has 2 nitrogen and oxygen atoms in total. The lowest BCUT2D eigenvalue weighted by molar-refractivity contribution is 1.15. The van der Waals surface area contributed by atoms with Crippen LogP contribution in [0.1, 0.15) is 16.1 Å². The summed E-state index contributed by atoms with van der Waals surface area (Å²) in [6.07, 6.45) is 0.844. The third-order valence-corrected chi connectivity index (χ3v) is 4.46. The van der Waals surface area contributed by atoms with Gasteiger partial charge in [-0.15, -0.1) is 11.3 Å². The highest BCUT2D eigenvalue weighted by atomic mass is 79.9. The van der Waals surface area contributed by atoms with Gasteiger partial charge in [0.1, 0.15) is 0 Å². The lowest BCUT2D eigenvalue weighted by Crippen LogP contribution is -1.88. The quantitative estimate of drug-likeness (QED) is 0.908. The maximum atomic E-state index is 5.94. The molecule has 5 heteroatoms. The molecule has 1 aromatic heterocycles. The lowest BCUT2D eigenvalue weighted by atomic mass is 10.1. The summed E-state index contributed by atoms with van der Waals surface area (Å²) in [5.41, 5.74) is 7.87. The van der Waals surface area contributed by atoms with Crippen LogP contribution < -0.4 is 5.73 Å². The first-order valence-corrected chi connectivity index (χ1v) is 6.70. The second-order valence-electron chi connectivity index (χ2n) is 3.49. The van der Waals surface area contributed by atoms with Gasteiger partial charge in [0.25, 0.3) is 0 Å². The molecule has 84 valence electrons. The maximum Gasteiger partial charge on any atom is 0.180 e. The zero-order valence-corrected chi connectivity index (χ0v) is 11.8. The fraction of sp³-hybridized carbons (Fsp3) is 0.182. The zero-order valence-electron chi connectivity index (χ0n) is 8.63. The van der Waals surface area contributed by atoms with E-state index in [1.165, 1.54) is 21.8 Å². The number of nitrogen functional groups attached to an aromatic ring is 1. The number of aryl methyl sites for hydroxylation is 1. The first kappa shape index (κ1) is 11.9. The van der Waals surface area contributed by atoms with Gasteiger partial charge in [-0.1, -0.05) is 17.7 Å². The number of nitrogens with zero attached hydrogens (tertiary/aromatic N) is 1. The molecule has 0 saturated heterocycles. The van der Waals surface area contributed by atoms with Gasteiger partial charge in [0, 0.05) is 15.8 Å². The second-order valence-corrected chi connectivity index (χ2v) is 5.86. The smallest absolute Gasteiger partial charge is 0.180 e. The number of anilines is 1. The molecule has 0 fully saturated rings. The van der Waals surface area contributed by atoms with Crippen molar-refractivity contribution in [3.8, 4) is 0 Å². The Morgan fingerprint density at radius 2 is 2.25 bits per heavy atom. The summed E-state index contributed by atoms with van der Waals surface area (Å²) >= 11 is 10.9. The van der Waals surface area contributed by atoms with Crippen molar-refractivity contribution in [2.75, 3.05) is 5.73 Å². The molecule has 1 aromatic carbocycles. The minimum atomic E-state index is 0.625. The molecule has 0 unspecified atom stereocenters. The van der Waals surface area contributed by atoms with Crippen molar-refractivity contribution in [2.45, 2.75) is 13.3 Å². The molecule has 0 radical (unpaired) electrons. The van der Waals surface area contributed by atoms with Crippen LogP contribution in [0.2, 0.25) is 5.02 Å². The van der Waals surface area contributed by atoms with E-state index in [1.807, 2.05) is 25.1 Å². The van der Waals surface area contributed by atoms with Crippen LogP contribution >= 0.6 is 38.9 Å². The number of hydrogen-bond acceptors (Lipinski definition) is 3.